The molecule has 1 rings (SSSR count). The van der Waals surface area contributed by atoms with E-state index in [2.05, 4.69) is 0 Å². The van der Waals surface area contributed by atoms with Crippen LogP contribution in [0, 0.1) is 5.92 Å². The molecule has 4 nitrogen and oxygen atoms in total. The zero-order valence-corrected chi connectivity index (χ0v) is 8.93. The molecule has 0 saturated carbocycles. The van der Waals surface area contributed by atoms with Gasteiger partial charge >= 0.3 is 5.97 Å². The quantitative estimate of drug-likeness (QED) is 0.786. The molecule has 2 N–H and O–H groups in total. The fourth-order valence-corrected chi connectivity index (χ4v) is 1.52. The molecule has 1 aromatic rings. The first-order chi connectivity index (χ1) is 7.06. The summed E-state index contributed by atoms with van der Waals surface area (Å²) in [5, 5.41) is 18.5. The van der Waals surface area contributed by atoms with Crippen LogP contribution in [0.5, 0.6) is 0 Å². The van der Waals surface area contributed by atoms with Gasteiger partial charge in [-0.1, -0.05) is 20.3 Å². The largest absolute Gasteiger partial charge is 0.475 e. The van der Waals surface area contributed by atoms with Crippen molar-refractivity contribution in [1.29, 1.82) is 0 Å². The summed E-state index contributed by atoms with van der Waals surface area (Å²) < 4.78 is 5.02. The number of hydrogen-bond acceptors (Lipinski definition) is 3. The first kappa shape index (κ1) is 11.8. The SMILES string of the molecule is CCCC(C)C(O)c1ccc(C(=O)O)o1. The van der Waals surface area contributed by atoms with Gasteiger partial charge < -0.3 is 14.6 Å². The number of aliphatic hydroxyl groups is 1. The molecule has 0 bridgehead atoms. The van der Waals surface area contributed by atoms with Gasteiger partial charge in [0, 0.05) is 0 Å². The Hall–Kier alpha value is -1.29. The minimum atomic E-state index is -1.11. The van der Waals surface area contributed by atoms with Crippen LogP contribution < -0.4 is 0 Å². The number of hydrogen-bond donors (Lipinski definition) is 2. The fraction of sp³-hybridized carbons (Fsp3) is 0.545. The van der Waals surface area contributed by atoms with Crippen LogP contribution in [0.25, 0.3) is 0 Å². The first-order valence-corrected chi connectivity index (χ1v) is 5.07. The van der Waals surface area contributed by atoms with E-state index in [0.29, 0.717) is 5.76 Å². The molecule has 0 aliphatic heterocycles. The predicted molar refractivity (Wildman–Crippen MR) is 54.7 cm³/mol. The molecule has 0 aromatic carbocycles. The molecular formula is C11H16O4. The molecule has 84 valence electrons. The Morgan fingerprint density at radius 3 is 2.67 bits per heavy atom. The third-order valence-corrected chi connectivity index (χ3v) is 2.41. The molecule has 0 aliphatic carbocycles. The summed E-state index contributed by atoms with van der Waals surface area (Å²) in [6.07, 6.45) is 1.13. The number of furan rings is 1. The van der Waals surface area contributed by atoms with Crippen LogP contribution in [0.15, 0.2) is 16.5 Å². The molecule has 2 atom stereocenters. The highest BCUT2D eigenvalue weighted by Crippen LogP contribution is 2.26. The van der Waals surface area contributed by atoms with Crippen molar-refractivity contribution in [3.8, 4) is 0 Å². The Balaban J connectivity index is 2.73. The zero-order valence-electron chi connectivity index (χ0n) is 8.93. The lowest BCUT2D eigenvalue weighted by molar-refractivity contribution is 0.0628. The van der Waals surface area contributed by atoms with E-state index in [1.165, 1.54) is 12.1 Å². The molecule has 0 fully saturated rings. The average molecular weight is 212 g/mol. The van der Waals surface area contributed by atoms with Gasteiger partial charge in [-0.25, -0.2) is 4.79 Å². The third kappa shape index (κ3) is 2.83. The van der Waals surface area contributed by atoms with Crippen molar-refractivity contribution in [2.24, 2.45) is 5.92 Å². The lowest BCUT2D eigenvalue weighted by Gasteiger charge is -2.15. The molecule has 0 radical (unpaired) electrons. The van der Waals surface area contributed by atoms with Gasteiger partial charge in [0.1, 0.15) is 11.9 Å². The highest BCUT2D eigenvalue weighted by molar-refractivity contribution is 5.84. The van der Waals surface area contributed by atoms with Crippen molar-refractivity contribution in [2.75, 3.05) is 0 Å². The predicted octanol–water partition coefficient (Wildman–Crippen LogP) is 2.45. The van der Waals surface area contributed by atoms with Crippen molar-refractivity contribution in [1.82, 2.24) is 0 Å². The standard InChI is InChI=1S/C11H16O4/c1-3-4-7(2)10(12)8-5-6-9(15-8)11(13)14/h5-7,10,12H,3-4H2,1-2H3,(H,13,14). The van der Waals surface area contributed by atoms with E-state index < -0.39 is 12.1 Å². The Kier molecular flexibility index (Phi) is 3.91. The van der Waals surface area contributed by atoms with Crippen molar-refractivity contribution in [3.05, 3.63) is 23.7 Å². The Morgan fingerprint density at radius 2 is 2.20 bits per heavy atom. The zero-order chi connectivity index (χ0) is 11.4. The maximum Gasteiger partial charge on any atom is 0.371 e. The molecule has 0 amide bonds. The number of carboxylic acid groups (broad SMARTS) is 1. The summed E-state index contributed by atoms with van der Waals surface area (Å²) in [7, 11) is 0. The number of carboxylic acids is 1. The highest BCUT2D eigenvalue weighted by Gasteiger charge is 2.20. The Labute approximate surface area is 88.5 Å². The summed E-state index contributed by atoms with van der Waals surface area (Å²) in [6, 6.07) is 2.87. The highest BCUT2D eigenvalue weighted by atomic mass is 16.4. The van der Waals surface area contributed by atoms with Crippen molar-refractivity contribution >= 4 is 5.97 Å². The van der Waals surface area contributed by atoms with E-state index in [0.717, 1.165) is 12.8 Å². The molecule has 0 saturated heterocycles. The van der Waals surface area contributed by atoms with Gasteiger partial charge in [0.25, 0.3) is 0 Å². The topological polar surface area (TPSA) is 70.7 Å². The van der Waals surface area contributed by atoms with Crippen molar-refractivity contribution in [2.45, 2.75) is 32.8 Å². The lowest BCUT2D eigenvalue weighted by Crippen LogP contribution is -2.08. The minimum Gasteiger partial charge on any atom is -0.475 e. The average Bonchev–Trinajstić information content (AvgIpc) is 2.65. The molecule has 4 heteroatoms. The van der Waals surface area contributed by atoms with Gasteiger partial charge in [0.2, 0.25) is 5.76 Å². The van der Waals surface area contributed by atoms with Gasteiger partial charge in [-0.3, -0.25) is 0 Å². The maximum atomic E-state index is 10.6. The van der Waals surface area contributed by atoms with Gasteiger partial charge in [0.05, 0.1) is 0 Å². The van der Waals surface area contributed by atoms with E-state index in [1.54, 1.807) is 0 Å². The van der Waals surface area contributed by atoms with E-state index >= 15 is 0 Å². The lowest BCUT2D eigenvalue weighted by atomic mass is 9.98. The summed E-state index contributed by atoms with van der Waals surface area (Å²) in [5.41, 5.74) is 0. The summed E-state index contributed by atoms with van der Waals surface area (Å²) in [5.74, 6) is -0.847. The number of aliphatic hydroxyl groups excluding tert-OH is 1. The van der Waals surface area contributed by atoms with Crippen LogP contribution in [0.1, 0.15) is 49.1 Å². The Bertz CT molecular complexity index is 329. The molecule has 0 spiro atoms. The van der Waals surface area contributed by atoms with Gasteiger partial charge in [0.15, 0.2) is 0 Å². The van der Waals surface area contributed by atoms with E-state index in [4.69, 9.17) is 9.52 Å². The van der Waals surface area contributed by atoms with Crippen molar-refractivity contribution in [3.63, 3.8) is 0 Å². The smallest absolute Gasteiger partial charge is 0.371 e. The second-order valence-electron chi connectivity index (χ2n) is 3.72. The first-order valence-electron chi connectivity index (χ1n) is 5.07. The summed E-state index contributed by atoms with van der Waals surface area (Å²) in [4.78, 5) is 10.6. The van der Waals surface area contributed by atoms with Gasteiger partial charge in [-0.2, -0.15) is 0 Å². The second-order valence-corrected chi connectivity index (χ2v) is 3.72. The molecule has 2 unspecified atom stereocenters. The summed E-state index contributed by atoms with van der Waals surface area (Å²) in [6.45, 7) is 3.95. The van der Waals surface area contributed by atoms with Gasteiger partial charge in [-0.05, 0) is 24.5 Å². The Morgan fingerprint density at radius 1 is 1.53 bits per heavy atom. The van der Waals surface area contributed by atoms with E-state index in [1.807, 2.05) is 13.8 Å². The second kappa shape index (κ2) is 4.98. The van der Waals surface area contributed by atoms with Gasteiger partial charge in [-0.15, -0.1) is 0 Å². The number of aromatic carboxylic acids is 1. The van der Waals surface area contributed by atoms with Crippen LogP contribution in [-0.2, 0) is 0 Å². The fourth-order valence-electron chi connectivity index (χ4n) is 1.52. The van der Waals surface area contributed by atoms with Crippen LogP contribution in [0.2, 0.25) is 0 Å². The normalized spacial score (nSPS) is 14.9. The molecule has 15 heavy (non-hydrogen) atoms. The minimum absolute atomic E-state index is 0.0720. The van der Waals surface area contributed by atoms with Crippen LogP contribution in [-0.4, -0.2) is 16.2 Å². The molecular weight excluding hydrogens is 196 g/mol. The molecule has 0 aliphatic rings. The van der Waals surface area contributed by atoms with Crippen LogP contribution >= 0.6 is 0 Å². The van der Waals surface area contributed by atoms with Crippen LogP contribution in [0.3, 0.4) is 0 Å². The molecule has 1 aromatic heterocycles. The third-order valence-electron chi connectivity index (χ3n) is 2.41. The van der Waals surface area contributed by atoms with Crippen molar-refractivity contribution < 1.29 is 19.4 Å². The maximum absolute atomic E-state index is 10.6. The summed E-state index contributed by atoms with van der Waals surface area (Å²) >= 11 is 0. The number of rotatable bonds is 5. The van der Waals surface area contributed by atoms with E-state index in [9.17, 15) is 9.90 Å². The number of carbonyl (C=O) groups is 1. The van der Waals surface area contributed by atoms with E-state index in [-0.39, 0.29) is 11.7 Å². The molecule has 1 heterocycles. The monoisotopic (exact) mass is 212 g/mol. The van der Waals surface area contributed by atoms with Crippen LogP contribution in [0.4, 0.5) is 0 Å².